The first-order chi connectivity index (χ1) is 13.2. The third-order valence-electron chi connectivity index (χ3n) is 7.15. The highest BCUT2D eigenvalue weighted by molar-refractivity contribution is 6.30. The van der Waals surface area contributed by atoms with E-state index in [4.69, 9.17) is 22.1 Å². The van der Waals surface area contributed by atoms with Crippen molar-refractivity contribution in [3.05, 3.63) is 29.3 Å². The highest BCUT2D eigenvalue weighted by Crippen LogP contribution is 2.60. The first kappa shape index (κ1) is 20.0. The third-order valence-corrected chi connectivity index (χ3v) is 7.40. The summed E-state index contributed by atoms with van der Waals surface area (Å²) in [5, 5.41) is 13.3. The summed E-state index contributed by atoms with van der Waals surface area (Å²) in [6.07, 6.45) is 4.80. The molecule has 5 N–H and O–H groups in total. The predicted octanol–water partition coefficient (Wildman–Crippen LogP) is 3.07. The van der Waals surface area contributed by atoms with Crippen molar-refractivity contribution in [3.8, 4) is 5.75 Å². The van der Waals surface area contributed by atoms with Gasteiger partial charge in [0.25, 0.3) is 5.91 Å². The van der Waals surface area contributed by atoms with E-state index in [1.54, 1.807) is 38.1 Å². The summed E-state index contributed by atoms with van der Waals surface area (Å²) >= 11 is 5.92. The Kier molecular flexibility index (Phi) is 5.11. The highest BCUT2D eigenvalue weighted by atomic mass is 35.5. The second-order valence-electron chi connectivity index (χ2n) is 9.50. The monoisotopic (exact) mass is 407 g/mol. The molecule has 1 aromatic rings. The van der Waals surface area contributed by atoms with Gasteiger partial charge in [-0.05, 0) is 88.0 Å². The molecule has 3 unspecified atom stereocenters. The molecule has 0 heterocycles. The van der Waals surface area contributed by atoms with Gasteiger partial charge in [0.05, 0.1) is 6.17 Å². The van der Waals surface area contributed by atoms with Crippen LogP contribution in [0, 0.1) is 23.2 Å². The van der Waals surface area contributed by atoms with Crippen LogP contribution in [0.4, 0.5) is 0 Å². The predicted molar refractivity (Wildman–Crippen MR) is 107 cm³/mol. The molecule has 0 radical (unpaired) electrons. The SMILES string of the molecule is CC(C)(Oc1ccc(Cl)cc1)C(=O)NC1C2CC3CC1CC(C(N)NO)(C3)C2. The molecule has 4 aliphatic carbocycles. The zero-order valence-corrected chi connectivity index (χ0v) is 17.2. The number of ether oxygens (including phenoxy) is 1. The van der Waals surface area contributed by atoms with Crippen molar-refractivity contribution in [2.75, 3.05) is 0 Å². The molecular formula is C21H30ClN3O3. The molecule has 4 bridgehead atoms. The van der Waals surface area contributed by atoms with Crippen molar-refractivity contribution in [3.63, 3.8) is 0 Å². The van der Waals surface area contributed by atoms with Gasteiger partial charge in [-0.3, -0.25) is 4.79 Å². The maximum Gasteiger partial charge on any atom is 0.263 e. The zero-order valence-electron chi connectivity index (χ0n) is 16.5. The summed E-state index contributed by atoms with van der Waals surface area (Å²) in [5.41, 5.74) is 7.46. The third kappa shape index (κ3) is 3.52. The van der Waals surface area contributed by atoms with Crippen LogP contribution in [0.2, 0.25) is 5.02 Å². The quantitative estimate of drug-likeness (QED) is 0.429. The van der Waals surface area contributed by atoms with Gasteiger partial charge in [-0.2, -0.15) is 5.48 Å². The molecule has 7 heteroatoms. The van der Waals surface area contributed by atoms with Crippen LogP contribution < -0.4 is 21.3 Å². The van der Waals surface area contributed by atoms with E-state index in [-0.39, 0.29) is 17.4 Å². The molecule has 3 atom stereocenters. The van der Waals surface area contributed by atoms with Crippen LogP contribution in [0.3, 0.4) is 0 Å². The molecule has 0 spiro atoms. The number of carbonyl (C=O) groups is 1. The second-order valence-corrected chi connectivity index (χ2v) is 9.94. The first-order valence-corrected chi connectivity index (χ1v) is 10.5. The molecule has 1 aromatic carbocycles. The molecule has 1 amide bonds. The van der Waals surface area contributed by atoms with E-state index in [1.807, 2.05) is 0 Å². The van der Waals surface area contributed by atoms with E-state index in [9.17, 15) is 10.0 Å². The van der Waals surface area contributed by atoms with Gasteiger partial charge in [-0.15, -0.1) is 0 Å². The highest BCUT2D eigenvalue weighted by Gasteiger charge is 2.58. The molecule has 5 rings (SSSR count). The minimum absolute atomic E-state index is 0.0538. The standard InChI is InChI=1S/C21H30ClN3O3/c1-20(2,28-16-5-3-15(22)4-6-16)19(26)24-17-13-7-12-8-14(17)11-21(9-12,10-13)18(23)25-27/h3-6,12-14,17-18,25,27H,7-11,23H2,1-2H3,(H,24,26). The molecule has 0 saturated heterocycles. The molecular weight excluding hydrogens is 378 g/mol. The average molecular weight is 408 g/mol. The topological polar surface area (TPSA) is 96.6 Å². The summed E-state index contributed by atoms with van der Waals surface area (Å²) in [6.45, 7) is 3.58. The van der Waals surface area contributed by atoms with E-state index in [0.29, 0.717) is 28.5 Å². The molecule has 4 fully saturated rings. The van der Waals surface area contributed by atoms with Crippen molar-refractivity contribution in [1.82, 2.24) is 10.8 Å². The van der Waals surface area contributed by atoms with E-state index in [1.165, 1.54) is 0 Å². The molecule has 28 heavy (non-hydrogen) atoms. The van der Waals surface area contributed by atoms with Gasteiger partial charge in [-0.1, -0.05) is 11.6 Å². The molecule has 0 aromatic heterocycles. The minimum Gasteiger partial charge on any atom is -0.478 e. The van der Waals surface area contributed by atoms with Gasteiger partial charge in [0.15, 0.2) is 5.60 Å². The van der Waals surface area contributed by atoms with E-state index < -0.39 is 11.8 Å². The summed E-state index contributed by atoms with van der Waals surface area (Å²) in [7, 11) is 0. The fourth-order valence-electron chi connectivity index (χ4n) is 6.01. The van der Waals surface area contributed by atoms with Crippen LogP contribution in [0.1, 0.15) is 46.0 Å². The summed E-state index contributed by atoms with van der Waals surface area (Å²) in [5.74, 6) is 1.97. The number of benzene rings is 1. The molecule has 4 saturated carbocycles. The lowest BCUT2D eigenvalue weighted by Gasteiger charge is -2.61. The first-order valence-electron chi connectivity index (χ1n) is 10.1. The van der Waals surface area contributed by atoms with Gasteiger partial charge >= 0.3 is 0 Å². The van der Waals surface area contributed by atoms with Crippen molar-refractivity contribution in [2.45, 2.75) is 63.8 Å². The molecule has 6 nitrogen and oxygen atoms in total. The number of carbonyl (C=O) groups excluding carboxylic acids is 1. The Bertz CT molecular complexity index is 723. The Morgan fingerprint density at radius 3 is 2.43 bits per heavy atom. The number of amides is 1. The molecule has 154 valence electrons. The zero-order chi connectivity index (χ0) is 20.1. The Labute approximate surface area is 171 Å². The summed E-state index contributed by atoms with van der Waals surface area (Å²) in [4.78, 5) is 13.1. The Morgan fingerprint density at radius 1 is 1.25 bits per heavy atom. The van der Waals surface area contributed by atoms with Gasteiger partial charge in [-0.25, -0.2) is 0 Å². The number of halogens is 1. The van der Waals surface area contributed by atoms with E-state index in [2.05, 4.69) is 10.8 Å². The Hall–Kier alpha value is -1.34. The summed E-state index contributed by atoms with van der Waals surface area (Å²) in [6, 6.07) is 7.19. The number of hydroxylamine groups is 1. The van der Waals surface area contributed by atoms with E-state index >= 15 is 0 Å². The lowest BCUT2D eigenvalue weighted by Crippen LogP contribution is -2.66. The van der Waals surface area contributed by atoms with Crippen LogP contribution in [0.15, 0.2) is 24.3 Å². The van der Waals surface area contributed by atoms with Gasteiger partial charge < -0.3 is 21.0 Å². The maximum absolute atomic E-state index is 13.1. The summed E-state index contributed by atoms with van der Waals surface area (Å²) < 4.78 is 5.95. The van der Waals surface area contributed by atoms with Crippen LogP contribution in [-0.4, -0.2) is 28.9 Å². The Balaban J connectivity index is 1.44. The van der Waals surface area contributed by atoms with Crippen molar-refractivity contribution in [2.24, 2.45) is 28.9 Å². The number of nitrogens with one attached hydrogen (secondary N) is 2. The number of nitrogens with two attached hydrogens (primary N) is 1. The van der Waals surface area contributed by atoms with Crippen LogP contribution in [0.5, 0.6) is 5.75 Å². The van der Waals surface area contributed by atoms with Gasteiger partial charge in [0, 0.05) is 16.5 Å². The number of hydrogen-bond donors (Lipinski definition) is 4. The maximum atomic E-state index is 13.1. The Morgan fingerprint density at radius 2 is 1.86 bits per heavy atom. The largest absolute Gasteiger partial charge is 0.478 e. The van der Waals surface area contributed by atoms with Crippen LogP contribution in [0.25, 0.3) is 0 Å². The van der Waals surface area contributed by atoms with Crippen LogP contribution >= 0.6 is 11.6 Å². The average Bonchev–Trinajstić information content (AvgIpc) is 2.65. The van der Waals surface area contributed by atoms with Crippen molar-refractivity contribution in [1.29, 1.82) is 0 Å². The fraction of sp³-hybridized carbons (Fsp3) is 0.667. The number of hydrogen-bond acceptors (Lipinski definition) is 5. The minimum atomic E-state index is -0.983. The van der Waals surface area contributed by atoms with Crippen LogP contribution in [-0.2, 0) is 4.79 Å². The molecule has 0 aliphatic heterocycles. The smallest absolute Gasteiger partial charge is 0.263 e. The lowest BCUT2D eigenvalue weighted by atomic mass is 9.47. The normalized spacial score (nSPS) is 34.9. The number of rotatable bonds is 6. The second kappa shape index (κ2) is 7.17. The van der Waals surface area contributed by atoms with Gasteiger partial charge in [0.2, 0.25) is 0 Å². The van der Waals surface area contributed by atoms with Crippen molar-refractivity contribution < 1.29 is 14.7 Å². The van der Waals surface area contributed by atoms with E-state index in [0.717, 1.165) is 32.1 Å². The molecule has 4 aliphatic rings. The lowest BCUT2D eigenvalue weighted by molar-refractivity contribution is -0.144. The van der Waals surface area contributed by atoms with Crippen molar-refractivity contribution >= 4 is 17.5 Å². The fourth-order valence-corrected chi connectivity index (χ4v) is 6.14. The van der Waals surface area contributed by atoms with Gasteiger partial charge in [0.1, 0.15) is 5.75 Å².